The third-order valence-electron chi connectivity index (χ3n) is 4.20. The molecule has 0 spiro atoms. The Bertz CT molecular complexity index is 822. The van der Waals surface area contributed by atoms with Gasteiger partial charge in [-0.3, -0.25) is 14.2 Å². The van der Waals surface area contributed by atoms with Gasteiger partial charge in [-0.2, -0.15) is 0 Å². The fraction of sp³-hybridized carbons (Fsp3) is 0.353. The Hall–Kier alpha value is -2.21. The molecule has 0 radical (unpaired) electrons. The highest BCUT2D eigenvalue weighted by atomic mass is 35.5. The summed E-state index contributed by atoms with van der Waals surface area (Å²) < 4.78 is 15.4. The second kappa shape index (κ2) is 7.13. The van der Waals surface area contributed by atoms with Crippen molar-refractivity contribution in [3.8, 4) is 0 Å². The lowest BCUT2D eigenvalue weighted by Gasteiger charge is -2.27. The predicted octanol–water partition coefficient (Wildman–Crippen LogP) is 2.62. The first kappa shape index (κ1) is 16.6. The number of amides is 1. The molecule has 1 amide bonds. The summed E-state index contributed by atoms with van der Waals surface area (Å²) in [5, 5.41) is 3.25. The maximum Gasteiger partial charge on any atom is 0.253 e. The quantitative estimate of drug-likeness (QED) is 0.922. The third-order valence-corrected chi connectivity index (χ3v) is 4.42. The highest BCUT2D eigenvalue weighted by Gasteiger charge is 2.24. The Kier molecular flexibility index (Phi) is 4.94. The van der Waals surface area contributed by atoms with Gasteiger partial charge in [-0.05, 0) is 42.5 Å². The number of hydrogen-bond acceptors (Lipinski definition) is 3. The fourth-order valence-corrected chi connectivity index (χ4v) is 3.23. The molecule has 1 aromatic carbocycles. The monoisotopic (exact) mass is 349 g/mol. The van der Waals surface area contributed by atoms with E-state index in [4.69, 9.17) is 11.6 Å². The standard InChI is InChI=1S/C17H17ClFN3O2/c18-11-8-13-12(14(19)9-11)2-1-3-15(13)21-16(23)5-7-22-10-20-6-4-17(22)24/h4,6,8-10,15H,1-3,5,7H2,(H,21,23)/t15-/m0/s1. The molecule has 1 heterocycles. The lowest BCUT2D eigenvalue weighted by molar-refractivity contribution is -0.122. The van der Waals surface area contributed by atoms with E-state index in [1.807, 2.05) is 0 Å². The van der Waals surface area contributed by atoms with Gasteiger partial charge in [-0.1, -0.05) is 11.6 Å². The number of rotatable bonds is 4. The summed E-state index contributed by atoms with van der Waals surface area (Å²) in [6.45, 7) is 0.252. The molecule has 1 aromatic heterocycles. The smallest absolute Gasteiger partial charge is 0.253 e. The Balaban J connectivity index is 1.68. The Morgan fingerprint density at radius 3 is 3.08 bits per heavy atom. The van der Waals surface area contributed by atoms with Crippen LogP contribution in [0.1, 0.15) is 36.4 Å². The van der Waals surface area contributed by atoms with Crippen molar-refractivity contribution in [2.45, 2.75) is 38.3 Å². The van der Waals surface area contributed by atoms with E-state index < -0.39 is 0 Å². The minimum atomic E-state index is -0.321. The molecule has 0 saturated heterocycles. The first-order valence-corrected chi connectivity index (χ1v) is 8.20. The van der Waals surface area contributed by atoms with E-state index in [0.717, 1.165) is 18.4 Å². The lowest BCUT2D eigenvalue weighted by Crippen LogP contribution is -2.32. The molecular weight excluding hydrogens is 333 g/mol. The average molecular weight is 350 g/mol. The van der Waals surface area contributed by atoms with Crippen molar-refractivity contribution in [2.75, 3.05) is 0 Å². The van der Waals surface area contributed by atoms with E-state index in [9.17, 15) is 14.0 Å². The van der Waals surface area contributed by atoms with E-state index in [1.54, 1.807) is 6.07 Å². The molecule has 0 bridgehead atoms. The molecule has 0 aliphatic heterocycles. The number of nitrogens with zero attached hydrogens (tertiary/aromatic N) is 2. The summed E-state index contributed by atoms with van der Waals surface area (Å²) in [4.78, 5) is 27.7. The van der Waals surface area contributed by atoms with Crippen LogP contribution in [0, 0.1) is 5.82 Å². The van der Waals surface area contributed by atoms with Crippen LogP contribution in [0.5, 0.6) is 0 Å². The maximum atomic E-state index is 14.0. The normalized spacial score (nSPS) is 16.5. The van der Waals surface area contributed by atoms with Crippen LogP contribution in [0.2, 0.25) is 5.02 Å². The summed E-state index contributed by atoms with van der Waals surface area (Å²) in [6, 6.07) is 4.12. The molecule has 3 rings (SSSR count). The van der Waals surface area contributed by atoms with Crippen molar-refractivity contribution in [3.63, 3.8) is 0 Å². The third kappa shape index (κ3) is 3.64. The number of carbonyl (C=O) groups excluding carboxylic acids is 1. The molecule has 1 aliphatic carbocycles. The van der Waals surface area contributed by atoms with Gasteiger partial charge in [0.1, 0.15) is 5.82 Å². The van der Waals surface area contributed by atoms with Crippen molar-refractivity contribution in [1.29, 1.82) is 0 Å². The molecule has 1 atom stereocenters. The van der Waals surface area contributed by atoms with Gasteiger partial charge in [0.25, 0.3) is 5.56 Å². The van der Waals surface area contributed by atoms with Crippen LogP contribution in [0.25, 0.3) is 0 Å². The van der Waals surface area contributed by atoms with Crippen LogP contribution in [0.3, 0.4) is 0 Å². The summed E-state index contributed by atoms with van der Waals surface area (Å²) in [5.41, 5.74) is 1.17. The van der Waals surface area contributed by atoms with E-state index in [2.05, 4.69) is 10.3 Å². The topological polar surface area (TPSA) is 64.0 Å². The minimum absolute atomic E-state index is 0.153. The molecule has 1 aliphatic rings. The van der Waals surface area contributed by atoms with Crippen LogP contribution < -0.4 is 10.9 Å². The second-order valence-corrected chi connectivity index (χ2v) is 6.27. The molecular formula is C17H17ClFN3O2. The van der Waals surface area contributed by atoms with E-state index in [0.29, 0.717) is 17.0 Å². The summed E-state index contributed by atoms with van der Waals surface area (Å²) in [6.07, 6.45) is 5.16. The fourth-order valence-electron chi connectivity index (χ4n) is 3.02. The molecule has 1 N–H and O–H groups in total. The van der Waals surface area contributed by atoms with Crippen LogP contribution in [-0.4, -0.2) is 15.5 Å². The zero-order chi connectivity index (χ0) is 17.1. The number of carbonyl (C=O) groups is 1. The minimum Gasteiger partial charge on any atom is -0.349 e. The first-order valence-electron chi connectivity index (χ1n) is 7.82. The Labute approximate surface area is 143 Å². The van der Waals surface area contributed by atoms with E-state index >= 15 is 0 Å². The van der Waals surface area contributed by atoms with Gasteiger partial charge in [0.15, 0.2) is 0 Å². The molecule has 0 saturated carbocycles. The van der Waals surface area contributed by atoms with Gasteiger partial charge in [-0.15, -0.1) is 0 Å². The van der Waals surface area contributed by atoms with Gasteiger partial charge in [-0.25, -0.2) is 9.37 Å². The number of hydrogen-bond donors (Lipinski definition) is 1. The predicted molar refractivity (Wildman–Crippen MR) is 88.3 cm³/mol. The van der Waals surface area contributed by atoms with Crippen molar-refractivity contribution in [3.05, 3.63) is 63.0 Å². The summed E-state index contributed by atoms with van der Waals surface area (Å²) >= 11 is 5.94. The number of halogens is 2. The maximum absolute atomic E-state index is 14.0. The van der Waals surface area contributed by atoms with Crippen molar-refractivity contribution in [2.24, 2.45) is 0 Å². The second-order valence-electron chi connectivity index (χ2n) is 5.83. The van der Waals surface area contributed by atoms with Gasteiger partial charge < -0.3 is 5.32 Å². The molecule has 2 aromatic rings. The molecule has 7 heteroatoms. The molecule has 0 fully saturated rings. The number of benzene rings is 1. The summed E-state index contributed by atoms with van der Waals surface area (Å²) in [7, 11) is 0. The number of nitrogens with one attached hydrogen (secondary N) is 1. The van der Waals surface area contributed by atoms with Crippen LogP contribution in [0.15, 0.2) is 35.5 Å². The number of aryl methyl sites for hydroxylation is 1. The lowest BCUT2D eigenvalue weighted by atomic mass is 9.87. The van der Waals surface area contributed by atoms with Crippen LogP contribution >= 0.6 is 11.6 Å². The first-order chi connectivity index (χ1) is 11.5. The molecule has 0 unspecified atom stereocenters. The van der Waals surface area contributed by atoms with Crippen molar-refractivity contribution < 1.29 is 9.18 Å². The SMILES string of the molecule is O=C(CCn1cnccc1=O)N[C@H]1CCCc2c(F)cc(Cl)cc21. The van der Waals surface area contributed by atoms with Gasteiger partial charge in [0.05, 0.1) is 12.4 Å². The largest absolute Gasteiger partial charge is 0.349 e. The van der Waals surface area contributed by atoms with E-state index in [1.165, 1.54) is 29.2 Å². The van der Waals surface area contributed by atoms with Gasteiger partial charge in [0.2, 0.25) is 5.91 Å². The molecule has 24 heavy (non-hydrogen) atoms. The average Bonchev–Trinajstić information content (AvgIpc) is 2.55. The zero-order valence-corrected chi connectivity index (χ0v) is 13.7. The van der Waals surface area contributed by atoms with Crippen LogP contribution in [0.4, 0.5) is 4.39 Å². The molecule has 126 valence electrons. The number of aromatic nitrogens is 2. The van der Waals surface area contributed by atoms with Crippen molar-refractivity contribution in [1.82, 2.24) is 14.9 Å². The van der Waals surface area contributed by atoms with Gasteiger partial charge in [0, 0.05) is 30.3 Å². The highest BCUT2D eigenvalue weighted by Crippen LogP contribution is 2.33. The van der Waals surface area contributed by atoms with Gasteiger partial charge >= 0.3 is 0 Å². The van der Waals surface area contributed by atoms with Crippen LogP contribution in [-0.2, 0) is 17.8 Å². The Morgan fingerprint density at radius 2 is 2.29 bits per heavy atom. The summed E-state index contributed by atoms with van der Waals surface area (Å²) in [5.74, 6) is -0.512. The molecule has 5 nitrogen and oxygen atoms in total. The van der Waals surface area contributed by atoms with E-state index in [-0.39, 0.29) is 36.3 Å². The van der Waals surface area contributed by atoms with Crippen molar-refractivity contribution >= 4 is 17.5 Å². The zero-order valence-electron chi connectivity index (χ0n) is 13.0. The number of fused-ring (bicyclic) bond motifs is 1. The Morgan fingerprint density at radius 1 is 1.46 bits per heavy atom. The highest BCUT2D eigenvalue weighted by molar-refractivity contribution is 6.30.